The average molecular weight is 310 g/mol. The first kappa shape index (κ1) is 15.8. The number of carboxylic acids is 1. The number of urea groups is 1. The van der Waals surface area contributed by atoms with Crippen molar-refractivity contribution in [3.63, 3.8) is 0 Å². The van der Waals surface area contributed by atoms with Crippen LogP contribution in [-0.4, -0.2) is 34.6 Å². The number of thiophene rings is 1. The van der Waals surface area contributed by atoms with Crippen molar-refractivity contribution >= 4 is 23.3 Å². The largest absolute Gasteiger partial charge is 0.480 e. The Morgan fingerprint density at radius 2 is 2.24 bits per heavy atom. The number of carboxylic acid groups (broad SMARTS) is 1. The monoisotopic (exact) mass is 310 g/mol. The van der Waals surface area contributed by atoms with Crippen LogP contribution in [0.4, 0.5) is 4.79 Å². The van der Waals surface area contributed by atoms with Gasteiger partial charge in [-0.1, -0.05) is 13.3 Å². The predicted octanol–water partition coefficient (Wildman–Crippen LogP) is 2.84. The molecule has 2 heterocycles. The summed E-state index contributed by atoms with van der Waals surface area (Å²) in [4.78, 5) is 27.4. The lowest BCUT2D eigenvalue weighted by Crippen LogP contribution is -2.53. The summed E-state index contributed by atoms with van der Waals surface area (Å²) in [6.07, 6.45) is 2.40. The third-order valence-electron chi connectivity index (χ3n) is 4.04. The van der Waals surface area contributed by atoms with Crippen molar-refractivity contribution in [2.75, 3.05) is 6.54 Å². The van der Waals surface area contributed by atoms with E-state index in [0.717, 1.165) is 17.7 Å². The van der Waals surface area contributed by atoms with E-state index in [-0.39, 0.29) is 6.03 Å². The molecule has 2 atom stereocenters. The molecular weight excluding hydrogens is 288 g/mol. The molecule has 6 heteroatoms. The number of aliphatic carboxylic acids is 1. The van der Waals surface area contributed by atoms with Crippen molar-refractivity contribution in [1.82, 2.24) is 10.2 Å². The Bertz CT molecular complexity index is 515. The zero-order chi connectivity index (χ0) is 15.4. The maximum atomic E-state index is 12.2. The number of nitrogens with zero attached hydrogens (tertiary/aromatic N) is 1. The maximum Gasteiger partial charge on any atom is 0.326 e. The highest BCUT2D eigenvalue weighted by atomic mass is 32.1. The summed E-state index contributed by atoms with van der Waals surface area (Å²) >= 11 is 1.64. The first-order chi connectivity index (χ1) is 10.0. The van der Waals surface area contributed by atoms with E-state index in [0.29, 0.717) is 25.4 Å². The van der Waals surface area contributed by atoms with Gasteiger partial charge in [0, 0.05) is 16.3 Å². The van der Waals surface area contributed by atoms with Crippen LogP contribution in [0.15, 0.2) is 12.1 Å². The number of piperidine rings is 1. The lowest BCUT2D eigenvalue weighted by molar-refractivity contribution is -0.144. The van der Waals surface area contributed by atoms with Gasteiger partial charge in [0.2, 0.25) is 0 Å². The Hall–Kier alpha value is -1.56. The van der Waals surface area contributed by atoms with E-state index in [2.05, 4.69) is 12.2 Å². The molecule has 0 spiro atoms. The quantitative estimate of drug-likeness (QED) is 0.898. The highest BCUT2D eigenvalue weighted by Crippen LogP contribution is 2.25. The van der Waals surface area contributed by atoms with Gasteiger partial charge in [-0.2, -0.15) is 0 Å². The number of hydrogen-bond donors (Lipinski definition) is 2. The summed E-state index contributed by atoms with van der Waals surface area (Å²) in [5.74, 6) is -0.509. The van der Waals surface area contributed by atoms with Gasteiger partial charge in [0.15, 0.2) is 0 Å². The van der Waals surface area contributed by atoms with Crippen molar-refractivity contribution < 1.29 is 14.7 Å². The number of carbonyl (C=O) groups is 2. The van der Waals surface area contributed by atoms with Gasteiger partial charge in [-0.05, 0) is 37.8 Å². The van der Waals surface area contributed by atoms with E-state index in [1.807, 2.05) is 19.1 Å². The fraction of sp³-hybridized carbons (Fsp3) is 0.600. The highest BCUT2D eigenvalue weighted by Gasteiger charge is 2.35. The standard InChI is InChI=1S/C15H22N2O3S/c1-3-11-6-7-17(13(8-11)14(18)19)15(20)16-9-12-5-4-10(2)21-12/h4-5,11,13H,3,6-9H2,1-2H3,(H,16,20)(H,18,19). The summed E-state index contributed by atoms with van der Waals surface area (Å²) < 4.78 is 0. The minimum absolute atomic E-state index is 0.275. The fourth-order valence-corrected chi connectivity index (χ4v) is 3.56. The summed E-state index contributed by atoms with van der Waals surface area (Å²) in [7, 11) is 0. The second-order valence-electron chi connectivity index (χ2n) is 5.52. The van der Waals surface area contributed by atoms with Gasteiger partial charge in [-0.3, -0.25) is 0 Å². The molecule has 5 nitrogen and oxygen atoms in total. The van der Waals surface area contributed by atoms with Gasteiger partial charge >= 0.3 is 12.0 Å². The number of hydrogen-bond acceptors (Lipinski definition) is 3. The van der Waals surface area contributed by atoms with Crippen LogP contribution in [-0.2, 0) is 11.3 Å². The Labute approximate surface area is 129 Å². The minimum Gasteiger partial charge on any atom is -0.480 e. The molecule has 2 rings (SSSR count). The van der Waals surface area contributed by atoms with Crippen LogP contribution in [0.1, 0.15) is 35.9 Å². The van der Waals surface area contributed by atoms with E-state index < -0.39 is 12.0 Å². The number of amides is 2. The Balaban J connectivity index is 1.95. The van der Waals surface area contributed by atoms with Crippen LogP contribution in [0.3, 0.4) is 0 Å². The highest BCUT2D eigenvalue weighted by molar-refractivity contribution is 7.11. The molecule has 0 aromatic carbocycles. The first-order valence-electron chi connectivity index (χ1n) is 7.33. The summed E-state index contributed by atoms with van der Waals surface area (Å²) in [5.41, 5.74) is 0. The van der Waals surface area contributed by atoms with Crippen LogP contribution < -0.4 is 5.32 Å². The molecule has 1 fully saturated rings. The van der Waals surface area contributed by atoms with Crippen molar-refractivity contribution in [3.05, 3.63) is 21.9 Å². The molecule has 1 aliphatic heterocycles. The van der Waals surface area contributed by atoms with E-state index >= 15 is 0 Å². The smallest absolute Gasteiger partial charge is 0.326 e. The van der Waals surface area contributed by atoms with Crippen molar-refractivity contribution in [1.29, 1.82) is 0 Å². The molecule has 2 amide bonds. The topological polar surface area (TPSA) is 69.6 Å². The third-order valence-corrected chi connectivity index (χ3v) is 5.04. The Morgan fingerprint density at radius 3 is 2.81 bits per heavy atom. The first-order valence-corrected chi connectivity index (χ1v) is 8.15. The summed E-state index contributed by atoms with van der Waals surface area (Å²) in [5, 5.41) is 12.2. The second kappa shape index (κ2) is 6.93. The van der Waals surface area contributed by atoms with Gasteiger partial charge in [0.1, 0.15) is 6.04 Å². The van der Waals surface area contributed by atoms with Gasteiger partial charge in [0.05, 0.1) is 6.54 Å². The molecule has 1 aromatic rings. The van der Waals surface area contributed by atoms with Gasteiger partial charge in [-0.25, -0.2) is 9.59 Å². The minimum atomic E-state index is -0.907. The molecule has 0 radical (unpaired) electrons. The molecule has 21 heavy (non-hydrogen) atoms. The molecule has 0 saturated carbocycles. The summed E-state index contributed by atoms with van der Waals surface area (Å²) in [6.45, 7) is 5.06. The molecule has 0 aliphatic carbocycles. The van der Waals surface area contributed by atoms with E-state index in [1.54, 1.807) is 11.3 Å². The Kier molecular flexibility index (Phi) is 5.22. The maximum absolute atomic E-state index is 12.2. The molecule has 0 bridgehead atoms. The molecular formula is C15H22N2O3S. The zero-order valence-electron chi connectivity index (χ0n) is 12.5. The predicted molar refractivity (Wildman–Crippen MR) is 82.4 cm³/mol. The molecule has 1 aliphatic rings. The van der Waals surface area contributed by atoms with Gasteiger partial charge in [-0.15, -0.1) is 11.3 Å². The number of nitrogens with one attached hydrogen (secondary N) is 1. The van der Waals surface area contributed by atoms with Gasteiger partial charge < -0.3 is 15.3 Å². The molecule has 1 aromatic heterocycles. The van der Waals surface area contributed by atoms with Gasteiger partial charge in [0.25, 0.3) is 0 Å². The van der Waals surface area contributed by atoms with Crippen LogP contribution >= 0.6 is 11.3 Å². The van der Waals surface area contributed by atoms with E-state index in [1.165, 1.54) is 9.78 Å². The molecule has 1 saturated heterocycles. The number of carbonyl (C=O) groups excluding carboxylic acids is 1. The normalized spacial score (nSPS) is 22.1. The van der Waals surface area contributed by atoms with Crippen LogP contribution in [0, 0.1) is 12.8 Å². The lowest BCUT2D eigenvalue weighted by Gasteiger charge is -2.36. The number of likely N-dealkylation sites (tertiary alicyclic amines) is 1. The van der Waals surface area contributed by atoms with Crippen LogP contribution in [0.2, 0.25) is 0 Å². The van der Waals surface area contributed by atoms with Crippen LogP contribution in [0.25, 0.3) is 0 Å². The average Bonchev–Trinajstić information content (AvgIpc) is 2.89. The fourth-order valence-electron chi connectivity index (χ4n) is 2.73. The molecule has 2 unspecified atom stereocenters. The number of rotatable bonds is 4. The van der Waals surface area contributed by atoms with Crippen molar-refractivity contribution in [2.24, 2.45) is 5.92 Å². The summed E-state index contributed by atoms with van der Waals surface area (Å²) in [6, 6.07) is 3.02. The third kappa shape index (κ3) is 3.97. The van der Waals surface area contributed by atoms with Crippen molar-refractivity contribution in [2.45, 2.75) is 45.7 Å². The number of aryl methyl sites for hydroxylation is 1. The molecule has 2 N–H and O–H groups in total. The lowest BCUT2D eigenvalue weighted by atomic mass is 9.89. The van der Waals surface area contributed by atoms with E-state index in [9.17, 15) is 14.7 Å². The van der Waals surface area contributed by atoms with Crippen LogP contribution in [0.5, 0.6) is 0 Å². The van der Waals surface area contributed by atoms with Crippen molar-refractivity contribution in [3.8, 4) is 0 Å². The zero-order valence-corrected chi connectivity index (χ0v) is 13.3. The van der Waals surface area contributed by atoms with E-state index in [4.69, 9.17) is 0 Å². The SMILES string of the molecule is CCC1CCN(C(=O)NCc2ccc(C)s2)C(C(=O)O)C1. The Morgan fingerprint density at radius 1 is 1.48 bits per heavy atom. The second-order valence-corrected chi connectivity index (χ2v) is 6.89. The molecule has 116 valence electrons.